The number of ether oxygens (including phenoxy) is 1. The van der Waals surface area contributed by atoms with Crippen molar-refractivity contribution in [2.75, 3.05) is 13.7 Å². The van der Waals surface area contributed by atoms with Gasteiger partial charge in [-0.3, -0.25) is 4.79 Å². The Labute approximate surface area is 94.0 Å². The highest BCUT2D eigenvalue weighted by Gasteiger charge is 2.07. The quantitative estimate of drug-likeness (QED) is 0.574. The molecule has 1 aromatic rings. The summed E-state index contributed by atoms with van der Waals surface area (Å²) >= 11 is 0. The molecule has 0 fully saturated rings. The van der Waals surface area contributed by atoms with Crippen LogP contribution < -0.4 is 21.5 Å². The molecular formula is C10H16N4O2. The van der Waals surface area contributed by atoms with Crippen LogP contribution in [0.2, 0.25) is 0 Å². The lowest BCUT2D eigenvalue weighted by molar-refractivity contribution is -0.119. The predicted octanol–water partition coefficient (Wildman–Crippen LogP) is -1.01. The van der Waals surface area contributed by atoms with Gasteiger partial charge < -0.3 is 21.5 Å². The summed E-state index contributed by atoms with van der Waals surface area (Å²) in [6.45, 7) is 0.930. The smallest absolute Gasteiger partial charge is 0.235 e. The third-order valence-electron chi connectivity index (χ3n) is 2.07. The maximum Gasteiger partial charge on any atom is 0.235 e. The van der Waals surface area contributed by atoms with Crippen molar-refractivity contribution >= 4 is 5.91 Å². The van der Waals surface area contributed by atoms with Crippen molar-refractivity contribution in [3.05, 3.63) is 23.9 Å². The van der Waals surface area contributed by atoms with Crippen LogP contribution in [-0.4, -0.2) is 30.6 Å². The highest BCUT2D eigenvalue weighted by molar-refractivity contribution is 5.79. The Morgan fingerprint density at radius 1 is 1.69 bits per heavy atom. The van der Waals surface area contributed by atoms with E-state index in [1.807, 2.05) is 12.1 Å². The zero-order chi connectivity index (χ0) is 12.0. The lowest BCUT2D eigenvalue weighted by Gasteiger charge is -2.09. The predicted molar refractivity (Wildman–Crippen MR) is 59.7 cm³/mol. The molecule has 1 amide bonds. The van der Waals surface area contributed by atoms with Crippen LogP contribution in [0, 0.1) is 0 Å². The zero-order valence-corrected chi connectivity index (χ0v) is 9.14. The number of nitrogens with two attached hydrogens (primary N) is 2. The first-order valence-corrected chi connectivity index (χ1v) is 4.88. The lowest BCUT2D eigenvalue weighted by atomic mass is 10.2. The lowest BCUT2D eigenvalue weighted by Crippen LogP contribution is -2.44. The van der Waals surface area contributed by atoms with Crippen LogP contribution in [0.5, 0.6) is 5.88 Å². The molecule has 0 aliphatic heterocycles. The molecule has 1 atom stereocenters. The molecular weight excluding hydrogens is 208 g/mol. The van der Waals surface area contributed by atoms with E-state index in [-0.39, 0.29) is 0 Å². The number of carbonyl (C=O) groups excluding carboxylic acids is 1. The van der Waals surface area contributed by atoms with Gasteiger partial charge in [-0.1, -0.05) is 0 Å². The highest BCUT2D eigenvalue weighted by atomic mass is 16.5. The number of rotatable bonds is 6. The Kier molecular flexibility index (Phi) is 4.68. The number of pyridine rings is 1. The average molecular weight is 224 g/mol. The summed E-state index contributed by atoms with van der Waals surface area (Å²) in [6, 6.07) is 3.00. The van der Waals surface area contributed by atoms with Crippen LogP contribution >= 0.6 is 0 Å². The second kappa shape index (κ2) is 6.04. The topological polar surface area (TPSA) is 103 Å². The molecule has 88 valence electrons. The monoisotopic (exact) mass is 224 g/mol. The van der Waals surface area contributed by atoms with Crippen molar-refractivity contribution in [2.24, 2.45) is 11.5 Å². The van der Waals surface area contributed by atoms with E-state index in [0.29, 0.717) is 19.0 Å². The van der Waals surface area contributed by atoms with E-state index < -0.39 is 11.9 Å². The number of methoxy groups -OCH3 is 1. The van der Waals surface area contributed by atoms with Crippen LogP contribution in [0.3, 0.4) is 0 Å². The zero-order valence-electron chi connectivity index (χ0n) is 9.14. The minimum Gasteiger partial charge on any atom is -0.481 e. The van der Waals surface area contributed by atoms with Gasteiger partial charge in [0.2, 0.25) is 11.8 Å². The number of nitrogens with one attached hydrogen (secondary N) is 1. The molecule has 1 rings (SSSR count). The Morgan fingerprint density at radius 2 is 2.44 bits per heavy atom. The van der Waals surface area contributed by atoms with Gasteiger partial charge >= 0.3 is 0 Å². The molecule has 0 bridgehead atoms. The fourth-order valence-electron chi connectivity index (χ4n) is 1.14. The van der Waals surface area contributed by atoms with Gasteiger partial charge in [0.15, 0.2) is 0 Å². The van der Waals surface area contributed by atoms with E-state index in [9.17, 15) is 4.79 Å². The Balaban J connectivity index is 2.39. The van der Waals surface area contributed by atoms with Crippen molar-refractivity contribution in [3.8, 4) is 5.88 Å². The highest BCUT2D eigenvalue weighted by Crippen LogP contribution is 2.07. The van der Waals surface area contributed by atoms with Gasteiger partial charge in [0.25, 0.3) is 0 Å². The molecule has 0 spiro atoms. The average Bonchev–Trinajstić information content (AvgIpc) is 2.29. The second-order valence-corrected chi connectivity index (χ2v) is 3.35. The number of amides is 1. The van der Waals surface area contributed by atoms with Gasteiger partial charge in [0.05, 0.1) is 13.2 Å². The molecule has 0 radical (unpaired) electrons. The van der Waals surface area contributed by atoms with Crippen LogP contribution in [0.25, 0.3) is 0 Å². The molecule has 16 heavy (non-hydrogen) atoms. The number of hydrogen-bond acceptors (Lipinski definition) is 5. The number of nitrogens with zero attached hydrogens (tertiary/aromatic N) is 1. The first-order chi connectivity index (χ1) is 7.63. The first-order valence-electron chi connectivity index (χ1n) is 4.88. The second-order valence-electron chi connectivity index (χ2n) is 3.35. The normalized spacial score (nSPS) is 12.1. The summed E-state index contributed by atoms with van der Waals surface area (Å²) < 4.78 is 4.98. The molecule has 6 heteroatoms. The Hall–Kier alpha value is -1.66. The molecule has 0 saturated carbocycles. The first kappa shape index (κ1) is 12.4. The van der Waals surface area contributed by atoms with E-state index in [4.69, 9.17) is 16.2 Å². The number of primary amides is 1. The largest absolute Gasteiger partial charge is 0.481 e. The van der Waals surface area contributed by atoms with Gasteiger partial charge in [-0.25, -0.2) is 4.98 Å². The Morgan fingerprint density at radius 3 is 3.06 bits per heavy atom. The van der Waals surface area contributed by atoms with Gasteiger partial charge in [-0.2, -0.15) is 0 Å². The molecule has 0 saturated heterocycles. The summed E-state index contributed by atoms with van der Waals surface area (Å²) in [7, 11) is 1.56. The van der Waals surface area contributed by atoms with E-state index in [0.717, 1.165) is 5.56 Å². The fourth-order valence-corrected chi connectivity index (χ4v) is 1.14. The van der Waals surface area contributed by atoms with Gasteiger partial charge in [-0.05, 0) is 11.6 Å². The van der Waals surface area contributed by atoms with Crippen LogP contribution in [-0.2, 0) is 11.3 Å². The van der Waals surface area contributed by atoms with E-state index in [1.54, 1.807) is 13.3 Å². The van der Waals surface area contributed by atoms with Crippen LogP contribution in [0.1, 0.15) is 5.56 Å². The number of carbonyl (C=O) groups is 1. The molecule has 1 aromatic heterocycles. The van der Waals surface area contributed by atoms with Gasteiger partial charge in [0.1, 0.15) is 0 Å². The molecule has 0 aromatic carbocycles. The van der Waals surface area contributed by atoms with Crippen molar-refractivity contribution in [3.63, 3.8) is 0 Å². The number of hydrogen-bond donors (Lipinski definition) is 3. The minimum atomic E-state index is -0.663. The van der Waals surface area contributed by atoms with Crippen LogP contribution in [0.4, 0.5) is 0 Å². The van der Waals surface area contributed by atoms with Gasteiger partial charge in [0, 0.05) is 25.4 Å². The Bertz CT molecular complexity index is 356. The molecule has 6 nitrogen and oxygen atoms in total. The molecule has 0 aliphatic rings. The summed E-state index contributed by atoms with van der Waals surface area (Å²) in [6.07, 6.45) is 1.66. The summed E-state index contributed by atoms with van der Waals surface area (Å²) in [5, 5.41) is 3.02. The van der Waals surface area contributed by atoms with Gasteiger partial charge in [-0.15, -0.1) is 0 Å². The summed E-state index contributed by atoms with van der Waals surface area (Å²) in [4.78, 5) is 14.6. The van der Waals surface area contributed by atoms with Crippen molar-refractivity contribution in [1.29, 1.82) is 0 Å². The van der Waals surface area contributed by atoms with E-state index in [1.165, 1.54) is 0 Å². The molecule has 1 unspecified atom stereocenters. The standard InChI is InChI=1S/C10H16N4O2/c1-16-9-4-7(2-3-14-9)5-13-6-8(11)10(12)15/h2-4,8,13H,5-6,11H2,1H3,(H2,12,15). The molecule has 5 N–H and O–H groups in total. The third kappa shape index (κ3) is 3.84. The SMILES string of the molecule is COc1cc(CNCC(N)C(N)=O)ccn1. The minimum absolute atomic E-state index is 0.347. The maximum atomic E-state index is 10.7. The fraction of sp³-hybridized carbons (Fsp3) is 0.400. The summed E-state index contributed by atoms with van der Waals surface area (Å²) in [5.74, 6) is 0.0401. The maximum absolute atomic E-state index is 10.7. The van der Waals surface area contributed by atoms with Crippen molar-refractivity contribution < 1.29 is 9.53 Å². The van der Waals surface area contributed by atoms with E-state index >= 15 is 0 Å². The summed E-state index contributed by atoms with van der Waals surface area (Å²) in [5.41, 5.74) is 11.5. The van der Waals surface area contributed by atoms with Crippen LogP contribution in [0.15, 0.2) is 18.3 Å². The number of aromatic nitrogens is 1. The molecule has 1 heterocycles. The van der Waals surface area contributed by atoms with E-state index in [2.05, 4.69) is 10.3 Å². The van der Waals surface area contributed by atoms with Crippen molar-refractivity contribution in [1.82, 2.24) is 10.3 Å². The van der Waals surface area contributed by atoms with Crippen molar-refractivity contribution in [2.45, 2.75) is 12.6 Å². The molecule has 0 aliphatic carbocycles. The third-order valence-corrected chi connectivity index (χ3v) is 2.07.